The lowest BCUT2D eigenvalue weighted by molar-refractivity contribution is -0.608. The van der Waals surface area contributed by atoms with Gasteiger partial charge in [-0.2, -0.15) is 4.73 Å². The second kappa shape index (κ2) is 6.51. The molecule has 0 saturated heterocycles. The third-order valence-corrected chi connectivity index (χ3v) is 2.73. The highest BCUT2D eigenvalue weighted by Gasteiger charge is 2.23. The van der Waals surface area contributed by atoms with Gasteiger partial charge >= 0.3 is 11.7 Å². The summed E-state index contributed by atoms with van der Waals surface area (Å²) in [4.78, 5) is 23.7. The normalized spacial score (nSPS) is 11.5. The molecule has 108 valence electrons. The molecule has 2 aromatic rings. The minimum absolute atomic E-state index is 0.170. The molecule has 1 heterocycles. The molecule has 0 bridgehead atoms. The minimum Gasteiger partial charge on any atom is -0.618 e. The Labute approximate surface area is 121 Å². The summed E-state index contributed by atoms with van der Waals surface area (Å²) in [5, 5.41) is 14.0. The van der Waals surface area contributed by atoms with E-state index in [-0.39, 0.29) is 5.69 Å². The van der Waals surface area contributed by atoms with Crippen molar-refractivity contribution < 1.29 is 19.1 Å². The zero-order chi connectivity index (χ0) is 15.2. The number of benzene rings is 1. The molecule has 0 radical (unpaired) electrons. The first-order chi connectivity index (χ1) is 10.1. The monoisotopic (exact) mass is 286 g/mol. The van der Waals surface area contributed by atoms with Gasteiger partial charge in [0.2, 0.25) is 0 Å². The largest absolute Gasteiger partial charge is 0.618 e. The summed E-state index contributed by atoms with van der Waals surface area (Å²) in [7, 11) is 0. The number of nitrogens with one attached hydrogen (secondary N) is 1. The van der Waals surface area contributed by atoms with Crippen molar-refractivity contribution in [2.75, 3.05) is 5.32 Å². The fraction of sp³-hybridized carbons (Fsp3) is 0.133. The number of ether oxygens (including phenoxy) is 1. The van der Waals surface area contributed by atoms with E-state index < -0.39 is 18.0 Å². The van der Waals surface area contributed by atoms with Crippen molar-refractivity contribution in [1.29, 1.82) is 0 Å². The number of nitrogens with zero attached hydrogens (tertiary/aromatic N) is 1. The number of rotatable bonds is 4. The Balaban J connectivity index is 1.98. The van der Waals surface area contributed by atoms with Crippen molar-refractivity contribution >= 4 is 17.6 Å². The molecular formula is C15H14N2O4. The van der Waals surface area contributed by atoms with Crippen molar-refractivity contribution in [3.63, 3.8) is 0 Å². The molecule has 0 aliphatic rings. The average Bonchev–Trinajstić information content (AvgIpc) is 2.48. The van der Waals surface area contributed by atoms with E-state index >= 15 is 0 Å². The molecule has 0 fully saturated rings. The predicted octanol–water partition coefficient (Wildman–Crippen LogP) is 1.50. The van der Waals surface area contributed by atoms with Crippen LogP contribution in [0.4, 0.5) is 5.69 Å². The summed E-state index contributed by atoms with van der Waals surface area (Å²) in [6.45, 7) is 1.44. The number of carbonyl (C=O) groups is 2. The number of para-hydroxylation sites is 1. The quantitative estimate of drug-likeness (QED) is 0.524. The molecule has 6 nitrogen and oxygen atoms in total. The molecule has 0 aliphatic carbocycles. The van der Waals surface area contributed by atoms with Crippen LogP contribution in [-0.2, 0) is 9.53 Å². The Morgan fingerprint density at radius 3 is 2.48 bits per heavy atom. The standard InChI is InChI=1S/C15H14N2O4/c1-11(14(18)16-12-7-3-2-4-8-12)21-15(19)13-9-5-6-10-17(13)20/h2-11H,1H3,(H,16,18)/t11-/m0/s1. The first kappa shape index (κ1) is 14.5. The third kappa shape index (κ3) is 3.79. The lowest BCUT2D eigenvalue weighted by Gasteiger charge is -2.13. The van der Waals surface area contributed by atoms with Crippen LogP contribution < -0.4 is 10.0 Å². The molecule has 0 saturated carbocycles. The van der Waals surface area contributed by atoms with E-state index in [1.54, 1.807) is 30.3 Å². The van der Waals surface area contributed by atoms with Gasteiger partial charge in [-0.15, -0.1) is 0 Å². The van der Waals surface area contributed by atoms with Crippen molar-refractivity contribution in [3.8, 4) is 0 Å². The maximum atomic E-state index is 11.9. The average molecular weight is 286 g/mol. The summed E-state index contributed by atoms with van der Waals surface area (Å²) < 4.78 is 5.37. The van der Waals surface area contributed by atoms with E-state index in [2.05, 4.69) is 5.32 Å². The minimum atomic E-state index is -1.02. The first-order valence-corrected chi connectivity index (χ1v) is 6.33. The van der Waals surface area contributed by atoms with Crippen molar-refractivity contribution in [2.45, 2.75) is 13.0 Å². The topological polar surface area (TPSA) is 82.3 Å². The molecule has 1 atom stereocenters. The number of amides is 1. The van der Waals surface area contributed by atoms with E-state index in [9.17, 15) is 14.8 Å². The zero-order valence-corrected chi connectivity index (χ0v) is 11.4. The van der Waals surface area contributed by atoms with Crippen LogP contribution in [-0.4, -0.2) is 18.0 Å². The summed E-state index contributed by atoms with van der Waals surface area (Å²) in [5.74, 6) is -1.32. The summed E-state index contributed by atoms with van der Waals surface area (Å²) in [6, 6.07) is 13.2. The summed E-state index contributed by atoms with van der Waals surface area (Å²) in [5.41, 5.74) is 0.431. The molecule has 0 spiro atoms. The number of carbonyl (C=O) groups excluding carboxylic acids is 2. The molecule has 1 aromatic heterocycles. The molecule has 1 N–H and O–H groups in total. The number of aromatic nitrogens is 1. The predicted molar refractivity (Wildman–Crippen MR) is 75.4 cm³/mol. The number of hydrogen-bond acceptors (Lipinski definition) is 4. The van der Waals surface area contributed by atoms with Crippen LogP contribution in [0.1, 0.15) is 17.4 Å². The van der Waals surface area contributed by atoms with Gasteiger partial charge in [0.1, 0.15) is 0 Å². The van der Waals surface area contributed by atoms with Crippen LogP contribution in [0, 0.1) is 5.21 Å². The van der Waals surface area contributed by atoms with Gasteiger partial charge in [-0.1, -0.05) is 18.2 Å². The van der Waals surface area contributed by atoms with Crippen LogP contribution in [0.3, 0.4) is 0 Å². The van der Waals surface area contributed by atoms with Crippen molar-refractivity contribution in [3.05, 3.63) is 65.6 Å². The van der Waals surface area contributed by atoms with E-state index in [0.717, 1.165) is 0 Å². The smallest absolute Gasteiger partial charge is 0.405 e. The number of anilines is 1. The molecular weight excluding hydrogens is 272 g/mol. The second-order valence-corrected chi connectivity index (χ2v) is 4.31. The molecule has 1 aromatic carbocycles. The Morgan fingerprint density at radius 1 is 1.14 bits per heavy atom. The fourth-order valence-corrected chi connectivity index (χ4v) is 1.63. The molecule has 6 heteroatoms. The van der Waals surface area contributed by atoms with Gasteiger partial charge < -0.3 is 15.3 Å². The van der Waals surface area contributed by atoms with Gasteiger partial charge in [0.05, 0.1) is 0 Å². The number of hydrogen-bond donors (Lipinski definition) is 1. The summed E-state index contributed by atoms with van der Waals surface area (Å²) in [6.07, 6.45) is 0.170. The van der Waals surface area contributed by atoms with Gasteiger partial charge in [0.25, 0.3) is 5.91 Å². The molecule has 1 amide bonds. The highest BCUT2D eigenvalue weighted by atomic mass is 16.6. The number of pyridine rings is 1. The van der Waals surface area contributed by atoms with Gasteiger partial charge in [0.15, 0.2) is 12.3 Å². The van der Waals surface area contributed by atoms with Gasteiger partial charge in [-0.25, -0.2) is 4.79 Å². The fourth-order valence-electron chi connectivity index (χ4n) is 1.63. The highest BCUT2D eigenvalue weighted by molar-refractivity contribution is 5.96. The van der Waals surface area contributed by atoms with Crippen LogP contribution in [0.5, 0.6) is 0 Å². The van der Waals surface area contributed by atoms with Gasteiger partial charge in [0, 0.05) is 17.8 Å². The Kier molecular flexibility index (Phi) is 4.50. The van der Waals surface area contributed by atoms with Crippen LogP contribution in [0.25, 0.3) is 0 Å². The second-order valence-electron chi connectivity index (χ2n) is 4.31. The van der Waals surface area contributed by atoms with E-state index in [4.69, 9.17) is 4.74 Å². The molecule has 0 unspecified atom stereocenters. The maximum Gasteiger partial charge on any atom is 0.405 e. The van der Waals surface area contributed by atoms with Crippen LogP contribution >= 0.6 is 0 Å². The Hall–Kier alpha value is -2.89. The maximum absolute atomic E-state index is 11.9. The SMILES string of the molecule is C[C@H](OC(=O)c1cccc[n+]1[O-])C(=O)Nc1ccccc1. The third-order valence-electron chi connectivity index (χ3n) is 2.73. The van der Waals surface area contributed by atoms with Crippen LogP contribution in [0.15, 0.2) is 54.7 Å². The number of esters is 1. The van der Waals surface area contributed by atoms with E-state index in [1.807, 2.05) is 6.07 Å². The highest BCUT2D eigenvalue weighted by Crippen LogP contribution is 2.07. The van der Waals surface area contributed by atoms with Crippen molar-refractivity contribution in [1.82, 2.24) is 0 Å². The van der Waals surface area contributed by atoms with E-state index in [1.165, 1.54) is 25.3 Å². The zero-order valence-electron chi connectivity index (χ0n) is 11.4. The van der Waals surface area contributed by atoms with Crippen LogP contribution in [0.2, 0.25) is 0 Å². The Morgan fingerprint density at radius 2 is 1.81 bits per heavy atom. The molecule has 0 aliphatic heterocycles. The lowest BCUT2D eigenvalue weighted by Crippen LogP contribution is -2.37. The molecule has 21 heavy (non-hydrogen) atoms. The van der Waals surface area contributed by atoms with Gasteiger partial charge in [-0.05, 0) is 25.1 Å². The van der Waals surface area contributed by atoms with E-state index in [0.29, 0.717) is 10.4 Å². The van der Waals surface area contributed by atoms with Crippen molar-refractivity contribution in [2.24, 2.45) is 0 Å². The molecule has 2 rings (SSSR count). The summed E-state index contributed by atoms with van der Waals surface area (Å²) >= 11 is 0. The van der Waals surface area contributed by atoms with Gasteiger partial charge in [-0.3, -0.25) is 4.79 Å². The Bertz CT molecular complexity index is 643. The lowest BCUT2D eigenvalue weighted by atomic mass is 10.3. The first-order valence-electron chi connectivity index (χ1n) is 6.33.